The van der Waals surface area contributed by atoms with E-state index >= 15 is 0 Å². The Morgan fingerprint density at radius 1 is 0.875 bits per heavy atom. The standard InChI is InChI=1S/C25H28N6O/c32-23(13-7-12-20-8-3-1-4-9-20)26-16-17-31-25-22(18-30-31)24(28-19-29-25)27-15-14-21-10-5-2-6-11-21/h1-6,8-11,18-19H,7,12-17H2,(H,26,32)(H,27,28,29). The van der Waals surface area contributed by atoms with Crippen molar-refractivity contribution in [3.63, 3.8) is 0 Å². The third-order valence-corrected chi connectivity index (χ3v) is 5.34. The largest absolute Gasteiger partial charge is 0.369 e. The van der Waals surface area contributed by atoms with Gasteiger partial charge in [0.15, 0.2) is 5.65 Å². The average Bonchev–Trinajstić information content (AvgIpc) is 3.24. The van der Waals surface area contributed by atoms with Crippen LogP contribution in [0.1, 0.15) is 24.0 Å². The molecule has 1 amide bonds. The second kappa shape index (κ2) is 11.0. The van der Waals surface area contributed by atoms with Crippen LogP contribution < -0.4 is 10.6 Å². The van der Waals surface area contributed by atoms with Crippen LogP contribution in [0.2, 0.25) is 0 Å². The first-order valence-electron chi connectivity index (χ1n) is 11.0. The fraction of sp³-hybridized carbons (Fsp3) is 0.280. The maximum atomic E-state index is 12.1. The Bertz CT molecular complexity index is 1130. The van der Waals surface area contributed by atoms with Crippen molar-refractivity contribution >= 4 is 22.8 Å². The van der Waals surface area contributed by atoms with E-state index in [9.17, 15) is 4.79 Å². The number of carbonyl (C=O) groups is 1. The van der Waals surface area contributed by atoms with Crippen LogP contribution in [-0.4, -0.2) is 38.7 Å². The average molecular weight is 429 g/mol. The number of fused-ring (bicyclic) bond motifs is 1. The van der Waals surface area contributed by atoms with Crippen LogP contribution in [-0.2, 0) is 24.2 Å². The van der Waals surface area contributed by atoms with Crippen LogP contribution in [0.25, 0.3) is 11.0 Å². The predicted molar refractivity (Wildman–Crippen MR) is 126 cm³/mol. The van der Waals surface area contributed by atoms with Crippen molar-refractivity contribution in [3.8, 4) is 0 Å². The number of benzene rings is 2. The highest BCUT2D eigenvalue weighted by atomic mass is 16.1. The highest BCUT2D eigenvalue weighted by Crippen LogP contribution is 2.18. The first kappa shape index (κ1) is 21.5. The molecule has 4 aromatic rings. The van der Waals surface area contributed by atoms with Crippen LogP contribution >= 0.6 is 0 Å². The van der Waals surface area contributed by atoms with Crippen molar-refractivity contribution in [2.75, 3.05) is 18.4 Å². The molecule has 2 aromatic carbocycles. The van der Waals surface area contributed by atoms with Gasteiger partial charge in [0, 0.05) is 19.5 Å². The maximum absolute atomic E-state index is 12.1. The zero-order valence-corrected chi connectivity index (χ0v) is 18.1. The maximum Gasteiger partial charge on any atom is 0.220 e. The Hall–Kier alpha value is -3.74. The molecule has 164 valence electrons. The molecule has 0 atom stereocenters. The summed E-state index contributed by atoms with van der Waals surface area (Å²) in [5.41, 5.74) is 3.30. The monoisotopic (exact) mass is 428 g/mol. The van der Waals surface area contributed by atoms with E-state index in [0.717, 1.165) is 42.7 Å². The number of hydrogen-bond acceptors (Lipinski definition) is 5. The normalized spacial score (nSPS) is 10.9. The van der Waals surface area contributed by atoms with Crippen LogP contribution in [0.5, 0.6) is 0 Å². The zero-order valence-electron chi connectivity index (χ0n) is 18.1. The van der Waals surface area contributed by atoms with E-state index in [0.29, 0.717) is 19.5 Å². The Morgan fingerprint density at radius 3 is 2.34 bits per heavy atom. The molecule has 0 aliphatic carbocycles. The Balaban J connectivity index is 1.24. The summed E-state index contributed by atoms with van der Waals surface area (Å²) in [5, 5.41) is 11.7. The Kier molecular flexibility index (Phi) is 7.42. The van der Waals surface area contributed by atoms with Crippen molar-refractivity contribution < 1.29 is 4.79 Å². The van der Waals surface area contributed by atoms with Gasteiger partial charge >= 0.3 is 0 Å². The summed E-state index contributed by atoms with van der Waals surface area (Å²) in [6.45, 7) is 1.86. The van der Waals surface area contributed by atoms with E-state index in [4.69, 9.17) is 0 Å². The number of carbonyl (C=O) groups excluding carboxylic acids is 1. The molecule has 7 nitrogen and oxygen atoms in total. The third-order valence-electron chi connectivity index (χ3n) is 5.34. The lowest BCUT2D eigenvalue weighted by atomic mass is 10.1. The number of aryl methyl sites for hydroxylation is 1. The minimum Gasteiger partial charge on any atom is -0.369 e. The van der Waals surface area contributed by atoms with Gasteiger partial charge in [0.1, 0.15) is 12.1 Å². The van der Waals surface area contributed by atoms with E-state index in [1.807, 2.05) is 41.1 Å². The molecule has 32 heavy (non-hydrogen) atoms. The molecule has 0 unspecified atom stereocenters. The molecule has 4 rings (SSSR count). The summed E-state index contributed by atoms with van der Waals surface area (Å²) in [6.07, 6.45) is 6.51. The molecular weight excluding hydrogens is 400 g/mol. The van der Waals surface area contributed by atoms with Gasteiger partial charge in [-0.25, -0.2) is 14.6 Å². The van der Waals surface area contributed by atoms with E-state index in [1.165, 1.54) is 11.1 Å². The van der Waals surface area contributed by atoms with Gasteiger partial charge in [-0.3, -0.25) is 4.79 Å². The quantitative estimate of drug-likeness (QED) is 0.381. The number of rotatable bonds is 11. The molecule has 2 heterocycles. The van der Waals surface area contributed by atoms with Crippen molar-refractivity contribution in [1.82, 2.24) is 25.1 Å². The van der Waals surface area contributed by atoms with Crippen LogP contribution in [0.4, 0.5) is 5.82 Å². The van der Waals surface area contributed by atoms with E-state index in [2.05, 4.69) is 50.0 Å². The fourth-order valence-corrected chi connectivity index (χ4v) is 3.65. The lowest BCUT2D eigenvalue weighted by Crippen LogP contribution is -2.27. The molecule has 2 N–H and O–H groups in total. The van der Waals surface area contributed by atoms with Crippen LogP contribution in [0.3, 0.4) is 0 Å². The SMILES string of the molecule is O=C(CCCc1ccccc1)NCCn1ncc2c(NCCc3ccccc3)ncnc21. The molecule has 0 saturated heterocycles. The minimum atomic E-state index is 0.0651. The predicted octanol–water partition coefficient (Wildman–Crippen LogP) is 3.62. The second-order valence-electron chi connectivity index (χ2n) is 7.68. The number of hydrogen-bond donors (Lipinski definition) is 2. The van der Waals surface area contributed by atoms with Gasteiger partial charge in [-0.2, -0.15) is 5.10 Å². The molecule has 0 spiro atoms. The second-order valence-corrected chi connectivity index (χ2v) is 7.68. The summed E-state index contributed by atoms with van der Waals surface area (Å²) in [7, 11) is 0. The molecular formula is C25H28N6O. The fourth-order valence-electron chi connectivity index (χ4n) is 3.65. The van der Waals surface area contributed by atoms with Crippen LogP contribution in [0, 0.1) is 0 Å². The van der Waals surface area contributed by atoms with Gasteiger partial charge in [0.05, 0.1) is 18.1 Å². The smallest absolute Gasteiger partial charge is 0.220 e. The first-order valence-corrected chi connectivity index (χ1v) is 11.0. The van der Waals surface area contributed by atoms with Crippen LogP contribution in [0.15, 0.2) is 73.2 Å². The number of nitrogens with zero attached hydrogens (tertiary/aromatic N) is 4. The van der Waals surface area contributed by atoms with Crippen molar-refractivity contribution in [3.05, 3.63) is 84.3 Å². The number of nitrogens with one attached hydrogen (secondary N) is 2. The molecule has 0 aliphatic rings. The summed E-state index contributed by atoms with van der Waals surface area (Å²) in [6, 6.07) is 20.6. The Morgan fingerprint density at radius 2 is 1.59 bits per heavy atom. The van der Waals surface area contributed by atoms with Gasteiger partial charge in [-0.05, 0) is 30.4 Å². The number of anilines is 1. The first-order chi connectivity index (χ1) is 15.8. The summed E-state index contributed by atoms with van der Waals surface area (Å²) >= 11 is 0. The zero-order chi connectivity index (χ0) is 22.0. The van der Waals surface area contributed by atoms with E-state index in [-0.39, 0.29) is 5.91 Å². The van der Waals surface area contributed by atoms with Gasteiger partial charge in [0.2, 0.25) is 5.91 Å². The molecule has 0 fully saturated rings. The van der Waals surface area contributed by atoms with Crippen molar-refractivity contribution in [2.24, 2.45) is 0 Å². The molecule has 0 aliphatic heterocycles. The molecule has 0 radical (unpaired) electrons. The minimum absolute atomic E-state index is 0.0651. The molecule has 7 heteroatoms. The van der Waals surface area contributed by atoms with Gasteiger partial charge in [-0.15, -0.1) is 0 Å². The van der Waals surface area contributed by atoms with Gasteiger partial charge in [0.25, 0.3) is 0 Å². The van der Waals surface area contributed by atoms with Gasteiger partial charge in [-0.1, -0.05) is 60.7 Å². The van der Waals surface area contributed by atoms with Gasteiger partial charge < -0.3 is 10.6 Å². The third kappa shape index (κ3) is 5.91. The van der Waals surface area contributed by atoms with Crippen molar-refractivity contribution in [1.29, 1.82) is 0 Å². The highest BCUT2D eigenvalue weighted by Gasteiger charge is 2.10. The van der Waals surface area contributed by atoms with E-state index in [1.54, 1.807) is 12.5 Å². The summed E-state index contributed by atoms with van der Waals surface area (Å²) < 4.78 is 1.81. The molecule has 0 bridgehead atoms. The lowest BCUT2D eigenvalue weighted by molar-refractivity contribution is -0.121. The topological polar surface area (TPSA) is 84.7 Å². The molecule has 2 aromatic heterocycles. The van der Waals surface area contributed by atoms with Crippen molar-refractivity contribution in [2.45, 2.75) is 32.2 Å². The number of amides is 1. The highest BCUT2D eigenvalue weighted by molar-refractivity contribution is 5.86. The van der Waals surface area contributed by atoms with E-state index < -0.39 is 0 Å². The summed E-state index contributed by atoms with van der Waals surface area (Å²) in [5.74, 6) is 0.845. The Labute approximate surface area is 187 Å². The summed E-state index contributed by atoms with van der Waals surface area (Å²) in [4.78, 5) is 20.9. The lowest BCUT2D eigenvalue weighted by Gasteiger charge is -2.08. The number of aromatic nitrogens is 4. The molecule has 0 saturated carbocycles.